The minimum Gasteiger partial charge on any atom is -0.326 e. The van der Waals surface area contributed by atoms with Crippen LogP contribution in [0, 0.1) is 0 Å². The van der Waals surface area contributed by atoms with Gasteiger partial charge in [0.25, 0.3) is 0 Å². The van der Waals surface area contributed by atoms with Gasteiger partial charge in [-0.05, 0) is 36.4 Å². The van der Waals surface area contributed by atoms with Crippen LogP contribution < -0.4 is 5.32 Å². The first-order valence-electron chi connectivity index (χ1n) is 7.24. The molecule has 1 heterocycles. The van der Waals surface area contributed by atoms with Crippen LogP contribution in [0.1, 0.15) is 6.42 Å². The van der Waals surface area contributed by atoms with E-state index in [0.29, 0.717) is 17.2 Å². The topological polar surface area (TPSA) is 42.0 Å². The molecule has 0 saturated carbocycles. The van der Waals surface area contributed by atoms with Gasteiger partial charge < -0.3 is 5.32 Å². The van der Waals surface area contributed by atoms with E-state index < -0.39 is 0 Å². The summed E-state index contributed by atoms with van der Waals surface area (Å²) in [6.45, 7) is 0. The van der Waals surface area contributed by atoms with Crippen LogP contribution in [0.5, 0.6) is 0 Å². The van der Waals surface area contributed by atoms with E-state index >= 15 is 0 Å². The number of hydrogen-bond donors (Lipinski definition) is 1. The van der Waals surface area contributed by atoms with E-state index in [1.54, 1.807) is 42.2 Å². The number of carbonyl (C=O) groups is 1. The predicted molar refractivity (Wildman–Crippen MR) is 97.2 cm³/mol. The summed E-state index contributed by atoms with van der Waals surface area (Å²) in [5, 5.41) is 4.63. The zero-order chi connectivity index (χ0) is 16.1. The molecule has 3 nitrogen and oxygen atoms in total. The second kappa shape index (κ2) is 7.49. The minimum absolute atomic E-state index is 0.00646. The average molecular weight is 343 g/mol. The normalized spacial score (nSPS) is 10.7. The molecular weight excluding hydrogens is 328 g/mol. The first kappa shape index (κ1) is 15.8. The van der Waals surface area contributed by atoms with E-state index in [2.05, 4.69) is 10.3 Å². The maximum absolute atomic E-state index is 12.0. The van der Waals surface area contributed by atoms with Gasteiger partial charge in [0.15, 0.2) is 0 Å². The molecule has 0 atom stereocenters. The van der Waals surface area contributed by atoms with Crippen molar-refractivity contribution in [3.63, 3.8) is 0 Å². The molecule has 116 valence electrons. The van der Waals surface area contributed by atoms with Crippen LogP contribution in [0.2, 0.25) is 5.02 Å². The first-order valence-corrected chi connectivity index (χ1v) is 8.61. The minimum atomic E-state index is -0.00646. The second-order valence-corrected chi connectivity index (χ2v) is 6.56. The summed E-state index contributed by atoms with van der Waals surface area (Å²) in [6.07, 6.45) is 2.23. The van der Waals surface area contributed by atoms with Gasteiger partial charge >= 0.3 is 0 Å². The highest BCUT2D eigenvalue weighted by molar-refractivity contribution is 7.99. The number of benzene rings is 2. The summed E-state index contributed by atoms with van der Waals surface area (Å²) in [4.78, 5) is 17.5. The van der Waals surface area contributed by atoms with Gasteiger partial charge in [-0.25, -0.2) is 0 Å². The van der Waals surface area contributed by atoms with E-state index in [0.717, 1.165) is 21.5 Å². The van der Waals surface area contributed by atoms with Crippen LogP contribution in [-0.4, -0.2) is 16.6 Å². The molecule has 3 rings (SSSR count). The van der Waals surface area contributed by atoms with Crippen molar-refractivity contribution in [1.29, 1.82) is 0 Å². The number of aromatic nitrogens is 1. The van der Waals surface area contributed by atoms with E-state index in [-0.39, 0.29) is 5.91 Å². The molecule has 0 bridgehead atoms. The number of para-hydroxylation sites is 1. The lowest BCUT2D eigenvalue weighted by atomic mass is 10.2. The molecule has 0 radical (unpaired) electrons. The van der Waals surface area contributed by atoms with Gasteiger partial charge in [-0.1, -0.05) is 29.8 Å². The Morgan fingerprint density at radius 3 is 2.70 bits per heavy atom. The first-order chi connectivity index (χ1) is 11.2. The number of rotatable bonds is 5. The third-order valence-corrected chi connectivity index (χ3v) is 4.61. The lowest BCUT2D eigenvalue weighted by Gasteiger charge is -2.07. The number of pyridine rings is 1. The van der Waals surface area contributed by atoms with Gasteiger partial charge in [-0.3, -0.25) is 9.78 Å². The molecule has 0 unspecified atom stereocenters. The summed E-state index contributed by atoms with van der Waals surface area (Å²) in [5.41, 5.74) is 1.74. The van der Waals surface area contributed by atoms with Crippen LogP contribution in [0.4, 0.5) is 5.69 Å². The number of fused-ring (bicyclic) bond motifs is 1. The van der Waals surface area contributed by atoms with Gasteiger partial charge in [-0.2, -0.15) is 0 Å². The fraction of sp³-hybridized carbons (Fsp3) is 0.111. The van der Waals surface area contributed by atoms with Crippen LogP contribution >= 0.6 is 23.4 Å². The number of thioether (sulfide) groups is 1. The van der Waals surface area contributed by atoms with Crippen molar-refractivity contribution in [3.05, 3.63) is 65.8 Å². The predicted octanol–water partition coefficient (Wildman–Crippen LogP) is 5.01. The van der Waals surface area contributed by atoms with E-state index in [9.17, 15) is 4.79 Å². The van der Waals surface area contributed by atoms with Crippen molar-refractivity contribution in [2.24, 2.45) is 0 Å². The molecule has 2 aromatic carbocycles. The Hall–Kier alpha value is -2.04. The van der Waals surface area contributed by atoms with Gasteiger partial charge in [0.2, 0.25) is 5.91 Å². The SMILES string of the molecule is O=C(CCSc1cccc2cccnc12)Nc1ccc(Cl)cc1. The third-order valence-electron chi connectivity index (χ3n) is 3.31. The van der Waals surface area contributed by atoms with E-state index in [4.69, 9.17) is 11.6 Å². The van der Waals surface area contributed by atoms with Crippen molar-refractivity contribution in [2.45, 2.75) is 11.3 Å². The lowest BCUT2D eigenvalue weighted by molar-refractivity contribution is -0.115. The summed E-state index contributed by atoms with van der Waals surface area (Å²) < 4.78 is 0. The smallest absolute Gasteiger partial charge is 0.225 e. The number of hydrogen-bond acceptors (Lipinski definition) is 3. The summed E-state index contributed by atoms with van der Waals surface area (Å²) in [5.74, 6) is 0.697. The molecule has 0 aliphatic heterocycles. The maximum Gasteiger partial charge on any atom is 0.225 e. The largest absolute Gasteiger partial charge is 0.326 e. The number of nitrogens with zero attached hydrogens (tertiary/aromatic N) is 1. The van der Waals surface area contributed by atoms with Crippen molar-refractivity contribution in [3.8, 4) is 0 Å². The van der Waals surface area contributed by atoms with Crippen LogP contribution in [0.3, 0.4) is 0 Å². The molecule has 0 aliphatic rings. The average Bonchev–Trinajstić information content (AvgIpc) is 2.57. The highest BCUT2D eigenvalue weighted by Gasteiger charge is 2.06. The number of anilines is 1. The number of amides is 1. The van der Waals surface area contributed by atoms with Gasteiger partial charge in [0, 0.05) is 39.4 Å². The van der Waals surface area contributed by atoms with Crippen LogP contribution in [0.25, 0.3) is 10.9 Å². The quantitative estimate of drug-likeness (QED) is 0.663. The monoisotopic (exact) mass is 342 g/mol. The number of nitrogens with one attached hydrogen (secondary N) is 1. The Morgan fingerprint density at radius 2 is 1.87 bits per heavy atom. The van der Waals surface area contributed by atoms with Gasteiger partial charge in [-0.15, -0.1) is 11.8 Å². The molecule has 1 aromatic heterocycles. The van der Waals surface area contributed by atoms with E-state index in [1.807, 2.05) is 30.3 Å². The Kier molecular flexibility index (Phi) is 5.16. The number of halogens is 1. The lowest BCUT2D eigenvalue weighted by Crippen LogP contribution is -2.11. The fourth-order valence-electron chi connectivity index (χ4n) is 2.20. The summed E-state index contributed by atoms with van der Waals surface area (Å²) in [6, 6.07) is 17.2. The molecule has 3 aromatic rings. The molecule has 0 spiro atoms. The third kappa shape index (κ3) is 4.24. The summed E-state index contributed by atoms with van der Waals surface area (Å²) >= 11 is 7.47. The zero-order valence-electron chi connectivity index (χ0n) is 12.3. The summed E-state index contributed by atoms with van der Waals surface area (Å²) in [7, 11) is 0. The van der Waals surface area contributed by atoms with Crippen LogP contribution in [0.15, 0.2) is 65.7 Å². The van der Waals surface area contributed by atoms with Crippen molar-refractivity contribution in [2.75, 3.05) is 11.1 Å². The Bertz CT molecular complexity index is 815. The Balaban J connectivity index is 1.56. The maximum atomic E-state index is 12.0. The fourth-order valence-corrected chi connectivity index (χ4v) is 3.32. The highest BCUT2D eigenvalue weighted by atomic mass is 35.5. The molecule has 1 N–H and O–H groups in total. The molecule has 5 heteroatoms. The molecular formula is C18H15ClN2OS. The van der Waals surface area contributed by atoms with Gasteiger partial charge in [0.05, 0.1) is 5.52 Å². The molecule has 0 saturated heterocycles. The number of carbonyl (C=O) groups excluding carboxylic acids is 1. The molecule has 23 heavy (non-hydrogen) atoms. The molecule has 0 aliphatic carbocycles. The van der Waals surface area contributed by atoms with Crippen molar-refractivity contribution >= 4 is 45.9 Å². The Morgan fingerprint density at radius 1 is 1.09 bits per heavy atom. The van der Waals surface area contributed by atoms with Crippen molar-refractivity contribution in [1.82, 2.24) is 4.98 Å². The van der Waals surface area contributed by atoms with Crippen LogP contribution in [-0.2, 0) is 4.79 Å². The van der Waals surface area contributed by atoms with Gasteiger partial charge in [0.1, 0.15) is 0 Å². The van der Waals surface area contributed by atoms with Crippen molar-refractivity contribution < 1.29 is 4.79 Å². The molecule has 0 fully saturated rings. The highest BCUT2D eigenvalue weighted by Crippen LogP contribution is 2.26. The second-order valence-electron chi connectivity index (χ2n) is 4.98. The Labute approximate surface area is 144 Å². The standard InChI is InChI=1S/C18H15ClN2OS/c19-14-6-8-15(9-7-14)21-17(22)10-12-23-16-5-1-3-13-4-2-11-20-18(13)16/h1-9,11H,10,12H2,(H,21,22). The zero-order valence-corrected chi connectivity index (χ0v) is 13.9. The van der Waals surface area contributed by atoms with E-state index in [1.165, 1.54) is 0 Å². The molecule has 1 amide bonds.